The van der Waals surface area contributed by atoms with E-state index in [1.807, 2.05) is 30.3 Å². The van der Waals surface area contributed by atoms with Gasteiger partial charge >= 0.3 is 12.1 Å². The van der Waals surface area contributed by atoms with Gasteiger partial charge in [-0.05, 0) is 29.3 Å². The van der Waals surface area contributed by atoms with Gasteiger partial charge in [-0.2, -0.15) is 0 Å². The average molecular weight is 335 g/mol. The number of hydrogen-bond acceptors (Lipinski definition) is 3. The highest BCUT2D eigenvalue weighted by Crippen LogP contribution is 2.05. The second-order valence-corrected chi connectivity index (χ2v) is 5.01. The number of amides is 1. The quantitative estimate of drug-likeness (QED) is 0.650. The maximum absolute atomic E-state index is 11.5. The number of alkyl carbamates (subject to hydrolysis) is 1. The zero-order valence-electron chi connectivity index (χ0n) is 13.4. The summed E-state index contributed by atoms with van der Waals surface area (Å²) in [6.07, 6.45) is 2.06. The fourth-order valence-electron chi connectivity index (χ4n) is 1.88. The van der Waals surface area contributed by atoms with Gasteiger partial charge in [0.15, 0.2) is 0 Å². The maximum Gasteiger partial charge on any atom is 0.408 e. The fraction of sp³-hybridized carbons (Fsp3) is 0.100. The molecule has 0 aliphatic heterocycles. The molecule has 0 aromatic heterocycles. The number of carbonyl (C=O) groups is 2. The summed E-state index contributed by atoms with van der Waals surface area (Å²) in [5.41, 5.74) is 2.46. The molecule has 0 spiro atoms. The smallest absolute Gasteiger partial charge is 0.408 e. The van der Waals surface area contributed by atoms with Crippen molar-refractivity contribution in [3.8, 4) is 11.8 Å². The number of hydrogen-bond donors (Lipinski definition) is 2. The van der Waals surface area contributed by atoms with Crippen LogP contribution in [0.2, 0.25) is 0 Å². The molecular weight excluding hydrogens is 318 g/mol. The molecule has 0 unspecified atom stereocenters. The van der Waals surface area contributed by atoms with Crippen molar-refractivity contribution in [2.24, 2.45) is 0 Å². The van der Waals surface area contributed by atoms with E-state index in [1.165, 1.54) is 6.08 Å². The number of aliphatic carboxylic acids is 1. The highest BCUT2D eigenvalue weighted by molar-refractivity contribution is 5.85. The Balaban J connectivity index is 1.74. The van der Waals surface area contributed by atoms with Crippen molar-refractivity contribution in [1.29, 1.82) is 0 Å². The summed E-state index contributed by atoms with van der Waals surface area (Å²) in [6, 6.07) is 16.5. The Bertz CT molecular complexity index is 799. The van der Waals surface area contributed by atoms with Gasteiger partial charge in [-0.25, -0.2) is 9.59 Å². The molecule has 126 valence electrons. The van der Waals surface area contributed by atoms with Crippen LogP contribution >= 0.6 is 0 Å². The molecule has 1 amide bonds. The second-order valence-electron chi connectivity index (χ2n) is 5.01. The van der Waals surface area contributed by atoms with Crippen LogP contribution in [-0.4, -0.2) is 23.7 Å². The van der Waals surface area contributed by atoms with Crippen molar-refractivity contribution in [3.05, 3.63) is 77.4 Å². The van der Waals surface area contributed by atoms with Gasteiger partial charge in [0.05, 0.1) is 6.54 Å². The molecule has 0 atom stereocenters. The number of carboxylic acid groups (broad SMARTS) is 1. The first-order valence-electron chi connectivity index (χ1n) is 7.58. The van der Waals surface area contributed by atoms with E-state index in [4.69, 9.17) is 9.84 Å². The van der Waals surface area contributed by atoms with Crippen molar-refractivity contribution < 1.29 is 19.4 Å². The van der Waals surface area contributed by atoms with E-state index < -0.39 is 12.1 Å². The molecule has 5 heteroatoms. The van der Waals surface area contributed by atoms with Crippen LogP contribution in [0.4, 0.5) is 4.79 Å². The van der Waals surface area contributed by atoms with Gasteiger partial charge in [0.25, 0.3) is 0 Å². The van der Waals surface area contributed by atoms with Crippen molar-refractivity contribution >= 4 is 18.1 Å². The lowest BCUT2D eigenvalue weighted by molar-refractivity contribution is -0.131. The zero-order chi connectivity index (χ0) is 17.9. The van der Waals surface area contributed by atoms with E-state index in [0.29, 0.717) is 0 Å². The predicted molar refractivity (Wildman–Crippen MR) is 94.6 cm³/mol. The Morgan fingerprint density at radius 1 is 1.08 bits per heavy atom. The topological polar surface area (TPSA) is 75.6 Å². The maximum atomic E-state index is 11.5. The highest BCUT2D eigenvalue weighted by atomic mass is 16.5. The summed E-state index contributed by atoms with van der Waals surface area (Å²) in [5.74, 6) is 4.74. The lowest BCUT2D eigenvalue weighted by Crippen LogP contribution is -2.24. The van der Waals surface area contributed by atoms with Crippen LogP contribution in [0.15, 0.2) is 60.7 Å². The molecule has 0 heterocycles. The van der Waals surface area contributed by atoms with Crippen LogP contribution in [0.5, 0.6) is 0 Å². The number of ether oxygens (including phenoxy) is 1. The third-order valence-electron chi connectivity index (χ3n) is 3.10. The van der Waals surface area contributed by atoms with Gasteiger partial charge in [0.2, 0.25) is 0 Å². The van der Waals surface area contributed by atoms with Crippen molar-refractivity contribution in [1.82, 2.24) is 5.32 Å². The SMILES string of the molecule is O=C(O)/C=C/c1ccc(C#CCNC(=O)OCc2ccccc2)cc1. The first kappa shape index (κ1) is 17.8. The largest absolute Gasteiger partial charge is 0.478 e. The molecule has 2 N–H and O–H groups in total. The van der Waals surface area contributed by atoms with Gasteiger partial charge in [-0.1, -0.05) is 54.3 Å². The minimum Gasteiger partial charge on any atom is -0.478 e. The Labute approximate surface area is 145 Å². The third kappa shape index (κ3) is 7.06. The lowest BCUT2D eigenvalue weighted by Gasteiger charge is -2.04. The number of nitrogens with one attached hydrogen (secondary N) is 1. The van der Waals surface area contributed by atoms with E-state index in [2.05, 4.69) is 17.2 Å². The Hall–Kier alpha value is -3.52. The van der Waals surface area contributed by atoms with Crippen LogP contribution in [0.3, 0.4) is 0 Å². The van der Waals surface area contributed by atoms with Gasteiger partial charge in [0, 0.05) is 11.6 Å². The molecule has 2 aromatic rings. The molecule has 0 fully saturated rings. The molecule has 2 aromatic carbocycles. The number of carbonyl (C=O) groups excluding carboxylic acids is 1. The summed E-state index contributed by atoms with van der Waals surface area (Å²) >= 11 is 0. The molecule has 0 aliphatic carbocycles. The van der Waals surface area contributed by atoms with Crippen LogP contribution in [-0.2, 0) is 16.1 Å². The minimum absolute atomic E-state index is 0.175. The third-order valence-corrected chi connectivity index (χ3v) is 3.10. The summed E-state index contributed by atoms with van der Waals surface area (Å²) in [5, 5.41) is 11.1. The molecule has 0 aliphatic rings. The average Bonchev–Trinajstić information content (AvgIpc) is 2.63. The van der Waals surface area contributed by atoms with Gasteiger partial charge < -0.3 is 15.2 Å². The summed E-state index contributed by atoms with van der Waals surface area (Å²) < 4.78 is 5.07. The van der Waals surface area contributed by atoms with Crippen LogP contribution in [0.1, 0.15) is 16.7 Å². The molecule has 2 rings (SSSR count). The van der Waals surface area contributed by atoms with Crippen molar-refractivity contribution in [2.75, 3.05) is 6.54 Å². The minimum atomic E-state index is -0.992. The molecule has 0 saturated carbocycles. The Kier molecular flexibility index (Phi) is 6.83. The molecule has 0 bridgehead atoms. The predicted octanol–water partition coefficient (Wildman–Crippen LogP) is 3.06. The molecular formula is C20H17NO4. The standard InChI is InChI=1S/C20H17NO4/c22-19(23)13-12-17-10-8-16(9-11-17)7-4-14-21-20(24)25-15-18-5-2-1-3-6-18/h1-3,5-6,8-13H,14-15H2,(H,21,24)(H,22,23)/b13-12+. The molecule has 0 saturated heterocycles. The van der Waals surface area contributed by atoms with Gasteiger partial charge in [0.1, 0.15) is 6.61 Å². The molecule has 25 heavy (non-hydrogen) atoms. The van der Waals surface area contributed by atoms with Crippen LogP contribution in [0.25, 0.3) is 6.08 Å². The Morgan fingerprint density at radius 3 is 2.48 bits per heavy atom. The number of benzene rings is 2. The van der Waals surface area contributed by atoms with Crippen molar-refractivity contribution in [3.63, 3.8) is 0 Å². The van der Waals surface area contributed by atoms with Crippen molar-refractivity contribution in [2.45, 2.75) is 6.61 Å². The fourth-order valence-corrected chi connectivity index (χ4v) is 1.88. The normalized spacial score (nSPS) is 9.92. The van der Waals surface area contributed by atoms with Crippen LogP contribution in [0, 0.1) is 11.8 Å². The van der Waals surface area contributed by atoms with E-state index in [-0.39, 0.29) is 13.2 Å². The van der Waals surface area contributed by atoms with Gasteiger partial charge in [-0.15, -0.1) is 0 Å². The lowest BCUT2D eigenvalue weighted by atomic mass is 10.1. The Morgan fingerprint density at radius 2 is 1.80 bits per heavy atom. The van der Waals surface area contributed by atoms with E-state index in [0.717, 1.165) is 22.8 Å². The molecule has 5 nitrogen and oxygen atoms in total. The second kappa shape index (κ2) is 9.58. The first-order valence-corrected chi connectivity index (χ1v) is 7.58. The number of carboxylic acids is 1. The van der Waals surface area contributed by atoms with Gasteiger partial charge in [-0.3, -0.25) is 0 Å². The van der Waals surface area contributed by atoms with E-state index in [9.17, 15) is 9.59 Å². The van der Waals surface area contributed by atoms with E-state index in [1.54, 1.807) is 24.3 Å². The number of rotatable bonds is 5. The monoisotopic (exact) mass is 335 g/mol. The summed E-state index contributed by atoms with van der Waals surface area (Å²) in [4.78, 5) is 22.0. The summed E-state index contributed by atoms with van der Waals surface area (Å²) in [6.45, 7) is 0.389. The zero-order valence-corrected chi connectivity index (χ0v) is 13.4. The molecule has 0 radical (unpaired) electrons. The van der Waals surface area contributed by atoms with E-state index >= 15 is 0 Å². The summed E-state index contributed by atoms with van der Waals surface area (Å²) in [7, 11) is 0. The van der Waals surface area contributed by atoms with Crippen LogP contribution < -0.4 is 5.32 Å². The highest BCUT2D eigenvalue weighted by Gasteiger charge is 2.00. The first-order chi connectivity index (χ1) is 12.1.